The van der Waals surface area contributed by atoms with Gasteiger partial charge in [0.1, 0.15) is 16.9 Å². The first-order valence-corrected chi connectivity index (χ1v) is 9.76. The van der Waals surface area contributed by atoms with Crippen molar-refractivity contribution in [2.45, 2.75) is 32.7 Å². The zero-order valence-corrected chi connectivity index (χ0v) is 17.0. The summed E-state index contributed by atoms with van der Waals surface area (Å²) >= 11 is 0. The summed E-state index contributed by atoms with van der Waals surface area (Å²) < 4.78 is 11.0. The van der Waals surface area contributed by atoms with Gasteiger partial charge in [-0.05, 0) is 55.8 Å². The summed E-state index contributed by atoms with van der Waals surface area (Å²) in [6, 6.07) is 12.7. The molecule has 0 fully saturated rings. The Bertz CT molecular complexity index is 1050. The Morgan fingerprint density at radius 3 is 2.55 bits per heavy atom. The van der Waals surface area contributed by atoms with Gasteiger partial charge in [0.05, 0.1) is 7.11 Å². The number of methoxy groups -OCH3 is 1. The van der Waals surface area contributed by atoms with Gasteiger partial charge in [-0.15, -0.1) is 0 Å². The number of unbranched alkanes of at least 4 members (excludes halogenated alkanes) is 1. The largest absolute Gasteiger partial charge is 0.496 e. The Balaban J connectivity index is 1.92. The van der Waals surface area contributed by atoms with Crippen LogP contribution in [-0.4, -0.2) is 20.1 Å². The van der Waals surface area contributed by atoms with Crippen molar-refractivity contribution in [3.63, 3.8) is 0 Å². The summed E-state index contributed by atoms with van der Waals surface area (Å²) in [6.45, 7) is 2.84. The van der Waals surface area contributed by atoms with Gasteiger partial charge >= 0.3 is 5.63 Å². The highest BCUT2D eigenvalue weighted by Crippen LogP contribution is 2.29. The molecule has 1 amide bonds. The van der Waals surface area contributed by atoms with Crippen molar-refractivity contribution in [2.24, 2.45) is 0 Å². The molecule has 152 valence electrons. The lowest BCUT2D eigenvalue weighted by Gasteiger charge is -2.11. The van der Waals surface area contributed by atoms with E-state index in [2.05, 4.69) is 17.6 Å². The van der Waals surface area contributed by atoms with Crippen LogP contribution in [0.5, 0.6) is 5.75 Å². The van der Waals surface area contributed by atoms with E-state index in [1.165, 1.54) is 0 Å². The number of hydrogen-bond donors (Lipinski definition) is 2. The standard InChI is InChI=1S/C23H26N2O4/c1-4-5-6-18-20(28-3)12-9-16-13-19(23(27)29-21(16)18)22(26)25-17-10-7-15(8-11-17)14-24-2/h7-13,24H,4-6,14H2,1-3H3,(H,25,26). The lowest BCUT2D eigenvalue weighted by molar-refractivity contribution is 0.102. The van der Waals surface area contributed by atoms with Crippen molar-refractivity contribution >= 4 is 22.6 Å². The molecule has 0 saturated carbocycles. The molecule has 2 N–H and O–H groups in total. The Morgan fingerprint density at radius 1 is 1.14 bits per heavy atom. The van der Waals surface area contributed by atoms with Gasteiger partial charge in [0.25, 0.3) is 5.91 Å². The molecule has 0 aliphatic carbocycles. The Morgan fingerprint density at radius 2 is 1.90 bits per heavy atom. The van der Waals surface area contributed by atoms with Crippen molar-refractivity contribution in [2.75, 3.05) is 19.5 Å². The van der Waals surface area contributed by atoms with E-state index in [0.29, 0.717) is 22.4 Å². The normalized spacial score (nSPS) is 10.9. The third-order valence-electron chi connectivity index (χ3n) is 4.80. The van der Waals surface area contributed by atoms with Crippen LogP contribution in [0.3, 0.4) is 0 Å². The van der Waals surface area contributed by atoms with E-state index in [4.69, 9.17) is 9.15 Å². The lowest BCUT2D eigenvalue weighted by Crippen LogP contribution is -2.21. The zero-order valence-electron chi connectivity index (χ0n) is 17.0. The van der Waals surface area contributed by atoms with Crippen molar-refractivity contribution < 1.29 is 13.9 Å². The molecule has 1 heterocycles. The van der Waals surface area contributed by atoms with Gasteiger partial charge in [-0.25, -0.2) is 4.79 Å². The van der Waals surface area contributed by atoms with Crippen LogP contribution in [0.25, 0.3) is 11.0 Å². The fraction of sp³-hybridized carbons (Fsp3) is 0.304. The number of anilines is 1. The summed E-state index contributed by atoms with van der Waals surface area (Å²) in [6.07, 6.45) is 2.70. The Hall–Kier alpha value is -3.12. The van der Waals surface area contributed by atoms with Gasteiger partial charge in [0, 0.05) is 23.2 Å². The number of carbonyl (C=O) groups excluding carboxylic acids is 1. The van der Waals surface area contributed by atoms with Gasteiger partial charge < -0.3 is 19.8 Å². The van der Waals surface area contributed by atoms with Crippen LogP contribution >= 0.6 is 0 Å². The predicted octanol–water partition coefficient (Wildman–Crippen LogP) is 4.12. The number of fused-ring (bicyclic) bond motifs is 1. The quantitative estimate of drug-likeness (QED) is 0.562. The minimum atomic E-state index is -0.659. The highest BCUT2D eigenvalue weighted by molar-refractivity contribution is 6.05. The van der Waals surface area contributed by atoms with E-state index in [-0.39, 0.29) is 5.56 Å². The predicted molar refractivity (Wildman–Crippen MR) is 115 cm³/mol. The average Bonchev–Trinajstić information content (AvgIpc) is 2.73. The van der Waals surface area contributed by atoms with E-state index in [0.717, 1.165) is 36.9 Å². The van der Waals surface area contributed by atoms with Crippen LogP contribution in [0, 0.1) is 0 Å². The molecule has 2 aromatic carbocycles. The van der Waals surface area contributed by atoms with Crippen molar-refractivity contribution in [1.29, 1.82) is 0 Å². The van der Waals surface area contributed by atoms with Crippen LogP contribution in [0.15, 0.2) is 51.7 Å². The summed E-state index contributed by atoms with van der Waals surface area (Å²) in [5.41, 5.74) is 2.38. The number of rotatable bonds is 8. The van der Waals surface area contributed by atoms with E-state index in [1.807, 2.05) is 25.2 Å². The monoisotopic (exact) mass is 394 g/mol. The second-order valence-electron chi connectivity index (χ2n) is 6.90. The number of hydrogen-bond acceptors (Lipinski definition) is 5. The number of aryl methyl sites for hydroxylation is 1. The molecule has 6 nitrogen and oxygen atoms in total. The topological polar surface area (TPSA) is 80.6 Å². The van der Waals surface area contributed by atoms with E-state index >= 15 is 0 Å². The lowest BCUT2D eigenvalue weighted by atomic mass is 10.0. The van der Waals surface area contributed by atoms with Gasteiger partial charge in [-0.3, -0.25) is 4.79 Å². The number of ether oxygens (including phenoxy) is 1. The van der Waals surface area contributed by atoms with Crippen molar-refractivity contribution in [3.05, 3.63) is 69.6 Å². The third-order valence-corrected chi connectivity index (χ3v) is 4.80. The molecule has 0 aliphatic rings. The van der Waals surface area contributed by atoms with Crippen molar-refractivity contribution in [3.8, 4) is 5.75 Å². The number of nitrogens with one attached hydrogen (secondary N) is 2. The molecular weight excluding hydrogens is 368 g/mol. The third kappa shape index (κ3) is 4.66. The van der Waals surface area contributed by atoms with Gasteiger partial charge in [-0.1, -0.05) is 25.5 Å². The van der Waals surface area contributed by atoms with Crippen LogP contribution < -0.4 is 21.0 Å². The zero-order chi connectivity index (χ0) is 20.8. The van der Waals surface area contributed by atoms with Crippen LogP contribution in [0.2, 0.25) is 0 Å². The molecule has 0 aliphatic heterocycles. The maximum atomic E-state index is 12.7. The van der Waals surface area contributed by atoms with Gasteiger partial charge in [0.15, 0.2) is 0 Å². The summed E-state index contributed by atoms with van der Waals surface area (Å²) in [5.74, 6) is 0.195. The summed E-state index contributed by atoms with van der Waals surface area (Å²) in [7, 11) is 3.47. The summed E-state index contributed by atoms with van der Waals surface area (Å²) in [4.78, 5) is 25.2. The molecule has 0 spiro atoms. The Labute approximate surface area is 169 Å². The van der Waals surface area contributed by atoms with E-state index in [1.54, 1.807) is 31.4 Å². The SMILES string of the molecule is CCCCc1c(OC)ccc2cc(C(=O)Nc3ccc(CNC)cc3)c(=O)oc12. The molecule has 0 saturated heterocycles. The first-order chi connectivity index (χ1) is 14.1. The van der Waals surface area contributed by atoms with Gasteiger partial charge in [-0.2, -0.15) is 0 Å². The minimum Gasteiger partial charge on any atom is -0.496 e. The number of benzene rings is 2. The number of carbonyl (C=O) groups is 1. The summed E-state index contributed by atoms with van der Waals surface area (Å²) in [5, 5.41) is 6.53. The number of amides is 1. The van der Waals surface area contributed by atoms with E-state index < -0.39 is 11.5 Å². The fourth-order valence-electron chi connectivity index (χ4n) is 3.27. The maximum Gasteiger partial charge on any atom is 0.349 e. The molecule has 3 aromatic rings. The molecular formula is C23H26N2O4. The second-order valence-corrected chi connectivity index (χ2v) is 6.90. The molecule has 1 aromatic heterocycles. The first kappa shape index (κ1) is 20.6. The van der Waals surface area contributed by atoms with Crippen LogP contribution in [-0.2, 0) is 13.0 Å². The van der Waals surface area contributed by atoms with E-state index in [9.17, 15) is 9.59 Å². The van der Waals surface area contributed by atoms with Gasteiger partial charge in [0.2, 0.25) is 0 Å². The average molecular weight is 394 g/mol. The molecule has 6 heteroatoms. The molecule has 0 bridgehead atoms. The molecule has 0 atom stereocenters. The molecule has 0 radical (unpaired) electrons. The van der Waals surface area contributed by atoms with Crippen LogP contribution in [0.1, 0.15) is 41.3 Å². The molecule has 29 heavy (non-hydrogen) atoms. The minimum absolute atomic E-state index is 0.0246. The van der Waals surface area contributed by atoms with Crippen molar-refractivity contribution in [1.82, 2.24) is 5.32 Å². The van der Waals surface area contributed by atoms with Crippen LogP contribution in [0.4, 0.5) is 5.69 Å². The highest BCUT2D eigenvalue weighted by Gasteiger charge is 2.17. The smallest absolute Gasteiger partial charge is 0.349 e. The first-order valence-electron chi connectivity index (χ1n) is 9.76. The highest BCUT2D eigenvalue weighted by atomic mass is 16.5. The molecule has 3 rings (SSSR count). The maximum absolute atomic E-state index is 12.7. The Kier molecular flexibility index (Phi) is 6.67. The second kappa shape index (κ2) is 9.39. The molecule has 0 unspecified atom stereocenters. The fourth-order valence-corrected chi connectivity index (χ4v) is 3.27.